The van der Waals surface area contributed by atoms with Crippen LogP contribution in [0.15, 0.2) is 0 Å². The first-order valence-electron chi connectivity index (χ1n) is 7.48. The first kappa shape index (κ1) is 14.8. The van der Waals surface area contributed by atoms with Crippen molar-refractivity contribution in [2.24, 2.45) is 5.73 Å². The topological polar surface area (TPSA) is 52.8 Å². The van der Waals surface area contributed by atoms with Crippen LogP contribution in [0.4, 0.5) is 0 Å². The highest BCUT2D eigenvalue weighted by molar-refractivity contribution is 5.78. The van der Waals surface area contributed by atoms with Crippen molar-refractivity contribution in [3.05, 3.63) is 0 Å². The molecule has 1 atom stereocenters. The molecule has 0 aromatic carbocycles. The largest absolute Gasteiger partial charge is 0.343 e. The van der Waals surface area contributed by atoms with Crippen LogP contribution in [0.2, 0.25) is 0 Å². The smallest absolute Gasteiger partial charge is 0.236 e. The summed E-state index contributed by atoms with van der Waals surface area (Å²) >= 11 is 0. The van der Waals surface area contributed by atoms with Gasteiger partial charge in [-0.2, -0.15) is 0 Å². The molecule has 2 aliphatic heterocycles. The number of likely N-dealkylation sites (N-methyl/N-ethyl adjacent to an activating group) is 2. The zero-order valence-electron chi connectivity index (χ0n) is 12.3. The first-order valence-corrected chi connectivity index (χ1v) is 7.48. The van der Waals surface area contributed by atoms with Crippen LogP contribution in [-0.4, -0.2) is 79.5 Å². The lowest BCUT2D eigenvalue weighted by atomic mass is 10.1. The van der Waals surface area contributed by atoms with Crippen LogP contribution in [0.3, 0.4) is 0 Å². The van der Waals surface area contributed by atoms with Crippen molar-refractivity contribution >= 4 is 5.91 Å². The van der Waals surface area contributed by atoms with E-state index in [0.29, 0.717) is 18.6 Å². The SMILES string of the molecule is CN(CC1CCCN1C)C(=O)CN1CCC(N)CC1. The minimum absolute atomic E-state index is 0.246. The molecule has 5 heteroatoms. The Hall–Kier alpha value is -0.650. The van der Waals surface area contributed by atoms with Crippen molar-refractivity contribution in [1.29, 1.82) is 0 Å². The van der Waals surface area contributed by atoms with Gasteiger partial charge >= 0.3 is 0 Å². The van der Waals surface area contributed by atoms with E-state index in [0.717, 1.165) is 39.0 Å². The molecule has 5 nitrogen and oxygen atoms in total. The summed E-state index contributed by atoms with van der Waals surface area (Å²) in [5.74, 6) is 0.246. The number of hydrogen-bond acceptors (Lipinski definition) is 4. The number of carbonyl (C=O) groups excluding carboxylic acids is 1. The van der Waals surface area contributed by atoms with Crippen molar-refractivity contribution in [3.63, 3.8) is 0 Å². The molecule has 2 aliphatic rings. The van der Waals surface area contributed by atoms with E-state index in [1.54, 1.807) is 0 Å². The molecule has 0 spiro atoms. The lowest BCUT2D eigenvalue weighted by Gasteiger charge is -2.32. The average molecular weight is 268 g/mol. The van der Waals surface area contributed by atoms with E-state index < -0.39 is 0 Å². The van der Waals surface area contributed by atoms with Gasteiger partial charge in [-0.3, -0.25) is 9.69 Å². The molecule has 0 aliphatic carbocycles. The molecule has 0 bridgehead atoms. The molecule has 110 valence electrons. The van der Waals surface area contributed by atoms with E-state index in [2.05, 4.69) is 16.8 Å². The van der Waals surface area contributed by atoms with Gasteiger partial charge in [-0.05, 0) is 39.3 Å². The van der Waals surface area contributed by atoms with Gasteiger partial charge in [-0.1, -0.05) is 0 Å². The summed E-state index contributed by atoms with van der Waals surface area (Å²) < 4.78 is 0. The molecule has 2 saturated heterocycles. The maximum Gasteiger partial charge on any atom is 0.236 e. The summed E-state index contributed by atoms with van der Waals surface area (Å²) in [5, 5.41) is 0. The summed E-state index contributed by atoms with van der Waals surface area (Å²) in [6, 6.07) is 0.875. The zero-order chi connectivity index (χ0) is 13.8. The Labute approximate surface area is 116 Å². The van der Waals surface area contributed by atoms with Crippen molar-refractivity contribution in [2.45, 2.75) is 37.8 Å². The highest BCUT2D eigenvalue weighted by atomic mass is 16.2. The normalized spacial score (nSPS) is 26.8. The number of rotatable bonds is 4. The van der Waals surface area contributed by atoms with Gasteiger partial charge in [-0.15, -0.1) is 0 Å². The molecular formula is C14H28N4O. The maximum absolute atomic E-state index is 12.2. The Morgan fingerprint density at radius 3 is 2.53 bits per heavy atom. The van der Waals surface area contributed by atoms with Gasteiger partial charge in [0.05, 0.1) is 6.54 Å². The first-order chi connectivity index (χ1) is 9.06. The fourth-order valence-corrected chi connectivity index (χ4v) is 3.05. The van der Waals surface area contributed by atoms with Gasteiger partial charge in [-0.25, -0.2) is 0 Å². The Morgan fingerprint density at radius 2 is 1.95 bits per heavy atom. The molecule has 2 fully saturated rings. The highest BCUT2D eigenvalue weighted by Crippen LogP contribution is 2.15. The van der Waals surface area contributed by atoms with Crippen LogP contribution >= 0.6 is 0 Å². The Morgan fingerprint density at radius 1 is 1.26 bits per heavy atom. The molecule has 1 unspecified atom stereocenters. The van der Waals surface area contributed by atoms with Crippen LogP contribution in [0.1, 0.15) is 25.7 Å². The van der Waals surface area contributed by atoms with Gasteiger partial charge in [0, 0.05) is 38.8 Å². The third kappa shape index (κ3) is 4.16. The molecule has 2 N–H and O–H groups in total. The average Bonchev–Trinajstić information content (AvgIpc) is 2.78. The van der Waals surface area contributed by atoms with Crippen LogP contribution < -0.4 is 5.73 Å². The Balaban J connectivity index is 1.73. The van der Waals surface area contributed by atoms with E-state index in [4.69, 9.17) is 5.73 Å². The summed E-state index contributed by atoms with van der Waals surface area (Å²) in [6.45, 7) is 4.51. The standard InChI is InChI=1S/C14H28N4O/c1-16-7-3-4-13(16)10-17(2)14(19)11-18-8-5-12(15)6-9-18/h12-13H,3-11,15H2,1-2H3. The van der Waals surface area contributed by atoms with Crippen LogP contribution in [-0.2, 0) is 4.79 Å². The van der Waals surface area contributed by atoms with Gasteiger partial charge in [0.25, 0.3) is 0 Å². The van der Waals surface area contributed by atoms with E-state index in [1.165, 1.54) is 12.8 Å². The van der Waals surface area contributed by atoms with E-state index in [9.17, 15) is 4.79 Å². The molecule has 0 aromatic rings. The van der Waals surface area contributed by atoms with Crippen molar-refractivity contribution < 1.29 is 4.79 Å². The summed E-state index contributed by atoms with van der Waals surface area (Å²) in [5.41, 5.74) is 5.88. The summed E-state index contributed by atoms with van der Waals surface area (Å²) in [6.07, 6.45) is 4.50. The second-order valence-electron chi connectivity index (χ2n) is 6.16. The zero-order valence-corrected chi connectivity index (χ0v) is 12.3. The number of nitrogens with two attached hydrogens (primary N) is 1. The number of piperidine rings is 1. The Kier molecular flexibility index (Phi) is 5.19. The fraction of sp³-hybridized carbons (Fsp3) is 0.929. The lowest BCUT2D eigenvalue weighted by molar-refractivity contribution is -0.132. The third-order valence-electron chi connectivity index (χ3n) is 4.57. The second-order valence-corrected chi connectivity index (χ2v) is 6.16. The van der Waals surface area contributed by atoms with Crippen molar-refractivity contribution in [3.8, 4) is 0 Å². The van der Waals surface area contributed by atoms with Gasteiger partial charge in [0.1, 0.15) is 0 Å². The summed E-state index contributed by atoms with van der Waals surface area (Å²) in [7, 11) is 4.09. The number of likely N-dealkylation sites (tertiary alicyclic amines) is 2. The molecule has 19 heavy (non-hydrogen) atoms. The van der Waals surface area contributed by atoms with Crippen molar-refractivity contribution in [1.82, 2.24) is 14.7 Å². The number of carbonyl (C=O) groups is 1. The van der Waals surface area contributed by atoms with Gasteiger partial charge in [0.2, 0.25) is 5.91 Å². The maximum atomic E-state index is 12.2. The number of nitrogens with zero attached hydrogens (tertiary/aromatic N) is 3. The molecule has 2 rings (SSSR count). The van der Waals surface area contributed by atoms with E-state index >= 15 is 0 Å². The van der Waals surface area contributed by atoms with Crippen LogP contribution in [0, 0.1) is 0 Å². The van der Waals surface area contributed by atoms with Gasteiger partial charge in [0.15, 0.2) is 0 Å². The van der Waals surface area contributed by atoms with E-state index in [1.807, 2.05) is 11.9 Å². The van der Waals surface area contributed by atoms with Gasteiger partial charge < -0.3 is 15.5 Å². The number of amides is 1. The monoisotopic (exact) mass is 268 g/mol. The lowest BCUT2D eigenvalue weighted by Crippen LogP contribution is -2.47. The van der Waals surface area contributed by atoms with Crippen LogP contribution in [0.5, 0.6) is 0 Å². The minimum atomic E-state index is 0.246. The Bertz CT molecular complexity index is 302. The predicted octanol–water partition coefficient (Wildman–Crippen LogP) is -0.0379. The molecule has 0 radical (unpaired) electrons. The number of hydrogen-bond donors (Lipinski definition) is 1. The molecule has 2 heterocycles. The highest BCUT2D eigenvalue weighted by Gasteiger charge is 2.25. The predicted molar refractivity (Wildman–Crippen MR) is 76.9 cm³/mol. The second kappa shape index (κ2) is 6.68. The molecule has 0 saturated carbocycles. The summed E-state index contributed by atoms with van der Waals surface area (Å²) in [4.78, 5) is 18.7. The van der Waals surface area contributed by atoms with Crippen LogP contribution in [0.25, 0.3) is 0 Å². The molecule has 1 amide bonds. The minimum Gasteiger partial charge on any atom is -0.343 e. The molecule has 0 aromatic heterocycles. The molecular weight excluding hydrogens is 240 g/mol. The third-order valence-corrected chi connectivity index (χ3v) is 4.57. The van der Waals surface area contributed by atoms with E-state index in [-0.39, 0.29) is 5.91 Å². The van der Waals surface area contributed by atoms with Crippen molar-refractivity contribution in [2.75, 3.05) is 46.8 Å². The quantitative estimate of drug-likeness (QED) is 0.777. The fourth-order valence-electron chi connectivity index (χ4n) is 3.05.